The summed E-state index contributed by atoms with van der Waals surface area (Å²) in [7, 11) is 2.11. The van der Waals surface area contributed by atoms with Crippen molar-refractivity contribution in [3.05, 3.63) is 28.2 Å². The fraction of sp³-hybridized carbons (Fsp3) is 0.533. The number of likely N-dealkylation sites (tertiary alicyclic amines) is 1. The highest BCUT2D eigenvalue weighted by atomic mass is 79.9. The predicted molar refractivity (Wildman–Crippen MR) is 82.4 cm³/mol. The summed E-state index contributed by atoms with van der Waals surface area (Å²) >= 11 is 3.49. The summed E-state index contributed by atoms with van der Waals surface area (Å²) in [5, 5.41) is 9.24. The van der Waals surface area contributed by atoms with Gasteiger partial charge in [-0.1, -0.05) is 22.9 Å². The molecule has 0 bridgehead atoms. The molecule has 1 aliphatic heterocycles. The van der Waals surface area contributed by atoms with Gasteiger partial charge >= 0.3 is 0 Å². The molecule has 1 fully saturated rings. The van der Waals surface area contributed by atoms with Crippen molar-refractivity contribution in [2.45, 2.75) is 25.8 Å². The number of hydrogen-bond donors (Lipinski definition) is 0. The second kappa shape index (κ2) is 6.40. The van der Waals surface area contributed by atoms with E-state index in [4.69, 9.17) is 0 Å². The van der Waals surface area contributed by atoms with Gasteiger partial charge in [0.05, 0.1) is 11.3 Å². The van der Waals surface area contributed by atoms with Crippen LogP contribution >= 0.6 is 15.9 Å². The number of nitriles is 1. The first-order chi connectivity index (χ1) is 9.15. The predicted octanol–water partition coefficient (Wildman–Crippen LogP) is 3.24. The molecule has 0 amide bonds. The molecule has 0 radical (unpaired) electrons. The van der Waals surface area contributed by atoms with Gasteiger partial charge in [0, 0.05) is 30.7 Å². The van der Waals surface area contributed by atoms with Crippen molar-refractivity contribution in [1.29, 1.82) is 5.26 Å². The maximum atomic E-state index is 9.24. The highest BCUT2D eigenvalue weighted by molar-refractivity contribution is 9.10. The smallest absolute Gasteiger partial charge is 0.101 e. The molecule has 19 heavy (non-hydrogen) atoms. The van der Waals surface area contributed by atoms with Gasteiger partial charge in [-0.3, -0.25) is 0 Å². The molecule has 3 nitrogen and oxygen atoms in total. The summed E-state index contributed by atoms with van der Waals surface area (Å²) < 4.78 is 1.03. The van der Waals surface area contributed by atoms with E-state index in [9.17, 15) is 5.26 Å². The van der Waals surface area contributed by atoms with Gasteiger partial charge in [0.15, 0.2) is 0 Å². The molecule has 0 unspecified atom stereocenters. The van der Waals surface area contributed by atoms with Crippen LogP contribution in [0.2, 0.25) is 0 Å². The molecular weight excluding hydrogens is 302 g/mol. The third-order valence-electron chi connectivity index (χ3n) is 4.01. The molecule has 0 spiro atoms. The molecule has 0 saturated carbocycles. The Bertz CT molecular complexity index is 473. The Balaban J connectivity index is 2.14. The normalized spacial score (nSPS) is 17.2. The fourth-order valence-electron chi connectivity index (χ4n) is 2.71. The molecule has 0 aromatic heterocycles. The topological polar surface area (TPSA) is 30.3 Å². The van der Waals surface area contributed by atoms with Crippen molar-refractivity contribution < 1.29 is 0 Å². The van der Waals surface area contributed by atoms with E-state index in [2.05, 4.69) is 45.8 Å². The molecule has 1 saturated heterocycles. The number of benzene rings is 1. The Hall–Kier alpha value is -1.05. The van der Waals surface area contributed by atoms with Crippen LogP contribution in [0, 0.1) is 11.3 Å². The highest BCUT2D eigenvalue weighted by Gasteiger charge is 2.23. The lowest BCUT2D eigenvalue weighted by molar-refractivity contribution is 0.221. The molecule has 1 heterocycles. The zero-order valence-corrected chi connectivity index (χ0v) is 13.2. The molecule has 4 heteroatoms. The highest BCUT2D eigenvalue weighted by Crippen LogP contribution is 2.28. The summed E-state index contributed by atoms with van der Waals surface area (Å²) in [5.74, 6) is 0. The zero-order chi connectivity index (χ0) is 13.8. The summed E-state index contributed by atoms with van der Waals surface area (Å²) in [5.41, 5.74) is 1.79. The summed E-state index contributed by atoms with van der Waals surface area (Å²) in [6.45, 7) is 5.66. The number of hydrogen-bond acceptors (Lipinski definition) is 3. The van der Waals surface area contributed by atoms with Gasteiger partial charge in [0.1, 0.15) is 6.07 Å². The van der Waals surface area contributed by atoms with E-state index in [1.54, 1.807) is 0 Å². The largest absolute Gasteiger partial charge is 0.370 e. The molecule has 0 aliphatic carbocycles. The van der Waals surface area contributed by atoms with Crippen molar-refractivity contribution in [2.75, 3.05) is 31.6 Å². The monoisotopic (exact) mass is 321 g/mol. The van der Waals surface area contributed by atoms with E-state index in [1.165, 1.54) is 12.8 Å². The molecule has 2 rings (SSSR count). The van der Waals surface area contributed by atoms with Crippen LogP contribution in [0.25, 0.3) is 0 Å². The van der Waals surface area contributed by atoms with Crippen LogP contribution in [0.5, 0.6) is 0 Å². The van der Waals surface area contributed by atoms with Gasteiger partial charge in [-0.25, -0.2) is 0 Å². The lowest BCUT2D eigenvalue weighted by Crippen LogP contribution is -2.43. The molecule has 0 N–H and O–H groups in total. The SMILES string of the molecule is CCN1CCC(N(C)c2cc(Br)ccc2C#N)CC1. The minimum absolute atomic E-state index is 0.532. The molecule has 102 valence electrons. The van der Waals surface area contributed by atoms with Crippen molar-refractivity contribution in [1.82, 2.24) is 4.90 Å². The Labute approximate surface area is 123 Å². The first kappa shape index (κ1) is 14.4. The molecular formula is C15H20BrN3. The summed E-state index contributed by atoms with van der Waals surface area (Å²) in [4.78, 5) is 4.76. The quantitative estimate of drug-likeness (QED) is 0.856. The molecule has 1 aliphatic rings. The molecule has 1 aromatic rings. The lowest BCUT2D eigenvalue weighted by atomic mass is 10.0. The van der Waals surface area contributed by atoms with Gasteiger partial charge in [-0.15, -0.1) is 0 Å². The van der Waals surface area contributed by atoms with Crippen LogP contribution in [-0.2, 0) is 0 Å². The van der Waals surface area contributed by atoms with Crippen LogP contribution in [-0.4, -0.2) is 37.6 Å². The third-order valence-corrected chi connectivity index (χ3v) is 4.51. The van der Waals surface area contributed by atoms with Crippen LogP contribution in [0.15, 0.2) is 22.7 Å². The third kappa shape index (κ3) is 3.29. The van der Waals surface area contributed by atoms with Crippen molar-refractivity contribution in [3.63, 3.8) is 0 Å². The van der Waals surface area contributed by atoms with E-state index in [0.717, 1.165) is 35.4 Å². The van der Waals surface area contributed by atoms with Gasteiger partial charge < -0.3 is 9.80 Å². The summed E-state index contributed by atoms with van der Waals surface area (Å²) in [6, 6.07) is 8.68. The van der Waals surface area contributed by atoms with Crippen LogP contribution < -0.4 is 4.90 Å². The van der Waals surface area contributed by atoms with E-state index in [-0.39, 0.29) is 0 Å². The number of rotatable bonds is 3. The Morgan fingerprint density at radius 3 is 2.68 bits per heavy atom. The van der Waals surface area contributed by atoms with Gasteiger partial charge in [0.2, 0.25) is 0 Å². The average Bonchev–Trinajstić information content (AvgIpc) is 2.46. The van der Waals surface area contributed by atoms with Crippen LogP contribution in [0.4, 0.5) is 5.69 Å². The Morgan fingerprint density at radius 1 is 1.42 bits per heavy atom. The maximum Gasteiger partial charge on any atom is 0.101 e. The van der Waals surface area contributed by atoms with Crippen LogP contribution in [0.1, 0.15) is 25.3 Å². The second-order valence-electron chi connectivity index (χ2n) is 5.05. The van der Waals surface area contributed by atoms with E-state index in [0.29, 0.717) is 6.04 Å². The standard InChI is InChI=1S/C15H20BrN3/c1-3-19-8-6-14(7-9-19)18(2)15-10-13(16)5-4-12(15)11-17/h4-5,10,14H,3,6-9H2,1-2H3. The van der Waals surface area contributed by atoms with Crippen molar-refractivity contribution in [3.8, 4) is 6.07 Å². The second-order valence-corrected chi connectivity index (χ2v) is 5.97. The number of halogens is 1. The van der Waals surface area contributed by atoms with Crippen molar-refractivity contribution in [2.24, 2.45) is 0 Å². The minimum atomic E-state index is 0.532. The lowest BCUT2D eigenvalue weighted by Gasteiger charge is -2.37. The zero-order valence-electron chi connectivity index (χ0n) is 11.6. The van der Waals surface area contributed by atoms with Gasteiger partial charge in [-0.05, 0) is 37.6 Å². The molecule has 0 atom stereocenters. The number of piperidine rings is 1. The summed E-state index contributed by atoms with van der Waals surface area (Å²) in [6.07, 6.45) is 2.34. The number of anilines is 1. The Kier molecular flexibility index (Phi) is 4.84. The van der Waals surface area contributed by atoms with Crippen molar-refractivity contribution >= 4 is 21.6 Å². The average molecular weight is 322 g/mol. The van der Waals surface area contributed by atoms with Crippen LogP contribution in [0.3, 0.4) is 0 Å². The fourth-order valence-corrected chi connectivity index (χ4v) is 3.06. The van der Waals surface area contributed by atoms with E-state index in [1.807, 2.05) is 18.2 Å². The Morgan fingerprint density at radius 2 is 2.11 bits per heavy atom. The minimum Gasteiger partial charge on any atom is -0.370 e. The maximum absolute atomic E-state index is 9.24. The van der Waals surface area contributed by atoms with Gasteiger partial charge in [0.25, 0.3) is 0 Å². The van der Waals surface area contributed by atoms with E-state index >= 15 is 0 Å². The number of nitrogens with zero attached hydrogens (tertiary/aromatic N) is 3. The van der Waals surface area contributed by atoms with Gasteiger partial charge in [-0.2, -0.15) is 5.26 Å². The van der Waals surface area contributed by atoms with E-state index < -0.39 is 0 Å². The first-order valence-corrected chi connectivity index (χ1v) is 7.59. The molecule has 1 aromatic carbocycles. The first-order valence-electron chi connectivity index (χ1n) is 6.80.